The van der Waals surface area contributed by atoms with Crippen LogP contribution >= 0.6 is 15.9 Å². The van der Waals surface area contributed by atoms with Crippen molar-refractivity contribution < 1.29 is 9.47 Å². The standard InChI is InChI=1S/C16H25BrN2O2/c1-19(10-12-4-3-7-21-11-12)15(9-18)13-5-6-16(20-2)14(17)8-13/h5-6,8,12,15H,3-4,7,9-11,18H2,1-2H3. The van der Waals surface area contributed by atoms with Gasteiger partial charge in [-0.25, -0.2) is 0 Å². The minimum atomic E-state index is 0.217. The van der Waals surface area contributed by atoms with Gasteiger partial charge in [-0.1, -0.05) is 6.07 Å². The molecular weight excluding hydrogens is 332 g/mol. The molecule has 2 rings (SSSR count). The Morgan fingerprint density at radius 1 is 1.52 bits per heavy atom. The zero-order chi connectivity index (χ0) is 15.2. The topological polar surface area (TPSA) is 47.7 Å². The van der Waals surface area contributed by atoms with Crippen LogP contribution in [0.5, 0.6) is 5.75 Å². The minimum Gasteiger partial charge on any atom is -0.496 e. The summed E-state index contributed by atoms with van der Waals surface area (Å²) >= 11 is 3.55. The summed E-state index contributed by atoms with van der Waals surface area (Å²) in [7, 11) is 3.82. The Bertz CT molecular complexity index is 450. The van der Waals surface area contributed by atoms with Crippen LogP contribution in [0, 0.1) is 5.92 Å². The molecule has 21 heavy (non-hydrogen) atoms. The maximum atomic E-state index is 6.01. The predicted octanol–water partition coefficient (Wildman–Crippen LogP) is 2.82. The Hall–Kier alpha value is -0.620. The van der Waals surface area contributed by atoms with E-state index in [0.29, 0.717) is 12.5 Å². The van der Waals surface area contributed by atoms with E-state index in [1.165, 1.54) is 18.4 Å². The summed E-state index contributed by atoms with van der Waals surface area (Å²) in [6.45, 7) is 3.40. The molecule has 1 aliphatic heterocycles. The number of nitrogens with two attached hydrogens (primary N) is 1. The molecule has 118 valence electrons. The third kappa shape index (κ3) is 4.42. The highest BCUT2D eigenvalue weighted by Gasteiger charge is 2.22. The second kappa shape index (κ2) is 8.13. The van der Waals surface area contributed by atoms with Gasteiger partial charge in [0.2, 0.25) is 0 Å². The largest absolute Gasteiger partial charge is 0.496 e. The second-order valence-corrected chi connectivity index (χ2v) is 6.52. The number of hydrogen-bond donors (Lipinski definition) is 1. The van der Waals surface area contributed by atoms with Crippen molar-refractivity contribution in [2.45, 2.75) is 18.9 Å². The lowest BCUT2D eigenvalue weighted by Crippen LogP contribution is -2.36. The predicted molar refractivity (Wildman–Crippen MR) is 88.7 cm³/mol. The van der Waals surface area contributed by atoms with E-state index in [0.717, 1.165) is 30.0 Å². The first kappa shape index (κ1) is 16.7. The van der Waals surface area contributed by atoms with Gasteiger partial charge in [-0.2, -0.15) is 0 Å². The Balaban J connectivity index is 2.05. The summed E-state index contributed by atoms with van der Waals surface area (Å²) in [6.07, 6.45) is 2.41. The maximum absolute atomic E-state index is 6.01. The molecular formula is C16H25BrN2O2. The van der Waals surface area contributed by atoms with E-state index in [9.17, 15) is 0 Å². The lowest BCUT2D eigenvalue weighted by Gasteiger charge is -2.32. The number of nitrogens with zero attached hydrogens (tertiary/aromatic N) is 1. The minimum absolute atomic E-state index is 0.217. The number of likely N-dealkylation sites (N-methyl/N-ethyl adjacent to an activating group) is 1. The van der Waals surface area contributed by atoms with Crippen LogP contribution in [0.3, 0.4) is 0 Å². The quantitative estimate of drug-likeness (QED) is 0.851. The molecule has 5 heteroatoms. The van der Waals surface area contributed by atoms with Crippen LogP contribution in [0.4, 0.5) is 0 Å². The van der Waals surface area contributed by atoms with Crippen molar-refractivity contribution in [3.8, 4) is 5.75 Å². The molecule has 0 saturated carbocycles. The second-order valence-electron chi connectivity index (χ2n) is 5.67. The van der Waals surface area contributed by atoms with Crippen molar-refractivity contribution in [1.82, 2.24) is 4.90 Å². The molecule has 2 unspecified atom stereocenters. The molecule has 1 fully saturated rings. The zero-order valence-corrected chi connectivity index (χ0v) is 14.4. The molecule has 2 N–H and O–H groups in total. The van der Waals surface area contributed by atoms with Gasteiger partial charge in [0.1, 0.15) is 5.75 Å². The van der Waals surface area contributed by atoms with Crippen molar-refractivity contribution in [3.05, 3.63) is 28.2 Å². The molecule has 4 nitrogen and oxygen atoms in total. The summed E-state index contributed by atoms with van der Waals surface area (Å²) in [6, 6.07) is 6.40. The summed E-state index contributed by atoms with van der Waals surface area (Å²) in [5.74, 6) is 1.46. The molecule has 1 saturated heterocycles. The van der Waals surface area contributed by atoms with E-state index in [4.69, 9.17) is 15.2 Å². The van der Waals surface area contributed by atoms with Crippen LogP contribution in [0.1, 0.15) is 24.4 Å². The SMILES string of the molecule is COc1ccc(C(CN)N(C)CC2CCCOC2)cc1Br. The van der Waals surface area contributed by atoms with Crippen LogP contribution in [0.2, 0.25) is 0 Å². The van der Waals surface area contributed by atoms with E-state index in [-0.39, 0.29) is 6.04 Å². The summed E-state index contributed by atoms with van der Waals surface area (Å²) in [5, 5.41) is 0. The van der Waals surface area contributed by atoms with E-state index >= 15 is 0 Å². The van der Waals surface area contributed by atoms with Crippen LogP contribution in [-0.2, 0) is 4.74 Å². The number of halogens is 1. The van der Waals surface area contributed by atoms with Crippen molar-refractivity contribution in [3.63, 3.8) is 0 Å². The van der Waals surface area contributed by atoms with Crippen LogP contribution in [-0.4, -0.2) is 45.4 Å². The molecule has 0 spiro atoms. The van der Waals surface area contributed by atoms with Gasteiger partial charge in [-0.3, -0.25) is 4.90 Å². The highest BCUT2D eigenvalue weighted by Crippen LogP contribution is 2.30. The van der Waals surface area contributed by atoms with Gasteiger partial charge in [0.15, 0.2) is 0 Å². The van der Waals surface area contributed by atoms with E-state index < -0.39 is 0 Å². The fraction of sp³-hybridized carbons (Fsp3) is 0.625. The number of hydrogen-bond acceptors (Lipinski definition) is 4. The van der Waals surface area contributed by atoms with Gasteiger partial charge >= 0.3 is 0 Å². The Labute approximate surface area is 135 Å². The fourth-order valence-electron chi connectivity index (χ4n) is 2.95. The monoisotopic (exact) mass is 356 g/mol. The van der Waals surface area contributed by atoms with Crippen molar-refractivity contribution >= 4 is 15.9 Å². The third-order valence-electron chi connectivity index (χ3n) is 4.12. The molecule has 0 aliphatic carbocycles. The molecule has 0 bridgehead atoms. The third-order valence-corrected chi connectivity index (χ3v) is 4.74. The fourth-order valence-corrected chi connectivity index (χ4v) is 3.50. The highest BCUT2D eigenvalue weighted by molar-refractivity contribution is 9.10. The first-order chi connectivity index (χ1) is 10.2. The van der Waals surface area contributed by atoms with E-state index in [1.54, 1.807) is 7.11 Å². The normalized spacial score (nSPS) is 20.5. The van der Waals surface area contributed by atoms with Gasteiger partial charge in [0.05, 0.1) is 18.2 Å². The molecule has 0 radical (unpaired) electrons. The first-order valence-corrected chi connectivity index (χ1v) is 8.26. The van der Waals surface area contributed by atoms with Crippen LogP contribution < -0.4 is 10.5 Å². The van der Waals surface area contributed by atoms with Crippen molar-refractivity contribution in [1.29, 1.82) is 0 Å². The van der Waals surface area contributed by atoms with Crippen LogP contribution in [0.15, 0.2) is 22.7 Å². The average molecular weight is 357 g/mol. The van der Waals surface area contributed by atoms with Gasteiger partial charge < -0.3 is 15.2 Å². The number of rotatable bonds is 6. The number of methoxy groups -OCH3 is 1. The molecule has 1 heterocycles. The smallest absolute Gasteiger partial charge is 0.133 e. The molecule has 0 aromatic heterocycles. The number of benzene rings is 1. The Morgan fingerprint density at radius 3 is 2.90 bits per heavy atom. The summed E-state index contributed by atoms with van der Waals surface area (Å²) in [4.78, 5) is 2.34. The Morgan fingerprint density at radius 2 is 2.33 bits per heavy atom. The summed E-state index contributed by atoms with van der Waals surface area (Å²) < 4.78 is 11.8. The van der Waals surface area contributed by atoms with Gasteiger partial charge in [0, 0.05) is 25.7 Å². The Kier molecular flexibility index (Phi) is 6.48. The lowest BCUT2D eigenvalue weighted by molar-refractivity contribution is 0.0365. The van der Waals surface area contributed by atoms with Crippen molar-refractivity contribution in [2.24, 2.45) is 11.7 Å². The lowest BCUT2D eigenvalue weighted by atomic mass is 9.99. The first-order valence-electron chi connectivity index (χ1n) is 7.47. The maximum Gasteiger partial charge on any atom is 0.133 e. The molecule has 1 aromatic carbocycles. The molecule has 1 aliphatic rings. The molecule has 2 atom stereocenters. The molecule has 0 amide bonds. The average Bonchev–Trinajstić information content (AvgIpc) is 2.49. The zero-order valence-electron chi connectivity index (χ0n) is 12.8. The van der Waals surface area contributed by atoms with Gasteiger partial charge in [-0.15, -0.1) is 0 Å². The number of ether oxygens (including phenoxy) is 2. The summed E-state index contributed by atoms with van der Waals surface area (Å²) in [5.41, 5.74) is 7.22. The van der Waals surface area contributed by atoms with Gasteiger partial charge in [0.25, 0.3) is 0 Å². The van der Waals surface area contributed by atoms with Crippen molar-refractivity contribution in [2.75, 3.05) is 40.5 Å². The van der Waals surface area contributed by atoms with E-state index in [1.807, 2.05) is 6.07 Å². The molecule has 1 aromatic rings. The van der Waals surface area contributed by atoms with Crippen LogP contribution in [0.25, 0.3) is 0 Å². The van der Waals surface area contributed by atoms with Gasteiger partial charge in [-0.05, 0) is 59.4 Å². The van der Waals surface area contributed by atoms with E-state index in [2.05, 4.69) is 40.0 Å². The highest BCUT2D eigenvalue weighted by atomic mass is 79.9.